The summed E-state index contributed by atoms with van der Waals surface area (Å²) in [7, 11) is 1.49. The van der Waals surface area contributed by atoms with Crippen molar-refractivity contribution in [1.82, 2.24) is 9.97 Å². The van der Waals surface area contributed by atoms with E-state index in [0.29, 0.717) is 17.3 Å². The number of hydrogen-bond acceptors (Lipinski definition) is 5. The molecule has 0 spiro atoms. The van der Waals surface area contributed by atoms with Gasteiger partial charge in [0.25, 0.3) is 0 Å². The molecule has 2 aromatic rings. The Kier molecular flexibility index (Phi) is 4.70. The summed E-state index contributed by atoms with van der Waals surface area (Å²) in [5, 5.41) is 6.26. The van der Waals surface area contributed by atoms with Crippen molar-refractivity contribution in [2.45, 2.75) is 13.3 Å². The number of anilines is 3. The normalized spacial score (nSPS) is 10.2. The highest BCUT2D eigenvalue weighted by atomic mass is 19.1. The molecule has 5 nitrogen and oxygen atoms in total. The maximum atomic E-state index is 13.1. The number of ether oxygens (including phenoxy) is 1. The number of nitrogens with zero attached hydrogens (tertiary/aromatic N) is 2. The van der Waals surface area contributed by atoms with E-state index in [2.05, 4.69) is 27.5 Å². The molecule has 0 fully saturated rings. The molecule has 0 atom stereocenters. The van der Waals surface area contributed by atoms with Crippen molar-refractivity contribution in [1.29, 1.82) is 0 Å². The molecule has 0 aliphatic carbocycles. The second-order valence-corrected chi connectivity index (χ2v) is 4.18. The monoisotopic (exact) mass is 276 g/mol. The van der Waals surface area contributed by atoms with Crippen molar-refractivity contribution >= 4 is 17.3 Å². The van der Waals surface area contributed by atoms with Gasteiger partial charge in [0.15, 0.2) is 0 Å². The second kappa shape index (κ2) is 6.70. The van der Waals surface area contributed by atoms with Crippen molar-refractivity contribution < 1.29 is 9.13 Å². The van der Waals surface area contributed by atoms with E-state index in [1.165, 1.54) is 25.6 Å². The molecule has 20 heavy (non-hydrogen) atoms. The van der Waals surface area contributed by atoms with E-state index >= 15 is 0 Å². The van der Waals surface area contributed by atoms with Crippen LogP contribution in [0.1, 0.15) is 13.3 Å². The Morgan fingerprint density at radius 3 is 2.75 bits per heavy atom. The third kappa shape index (κ3) is 3.57. The Morgan fingerprint density at radius 2 is 2.00 bits per heavy atom. The number of hydrogen-bond donors (Lipinski definition) is 2. The van der Waals surface area contributed by atoms with Gasteiger partial charge >= 0.3 is 0 Å². The van der Waals surface area contributed by atoms with Crippen LogP contribution >= 0.6 is 0 Å². The highest BCUT2D eigenvalue weighted by Crippen LogP contribution is 2.27. The van der Waals surface area contributed by atoms with Crippen molar-refractivity contribution in [3.05, 3.63) is 36.4 Å². The van der Waals surface area contributed by atoms with E-state index in [1.54, 1.807) is 12.1 Å². The fourth-order valence-electron chi connectivity index (χ4n) is 1.68. The lowest BCUT2D eigenvalue weighted by atomic mass is 10.3. The first-order valence-corrected chi connectivity index (χ1v) is 6.39. The van der Waals surface area contributed by atoms with Crippen LogP contribution in [0.3, 0.4) is 0 Å². The van der Waals surface area contributed by atoms with Gasteiger partial charge in [0.05, 0.1) is 12.8 Å². The van der Waals surface area contributed by atoms with Gasteiger partial charge in [0.1, 0.15) is 29.5 Å². The van der Waals surface area contributed by atoms with Gasteiger partial charge < -0.3 is 15.4 Å². The van der Waals surface area contributed by atoms with E-state index in [4.69, 9.17) is 4.74 Å². The zero-order valence-corrected chi connectivity index (χ0v) is 11.5. The maximum absolute atomic E-state index is 13.1. The van der Waals surface area contributed by atoms with Gasteiger partial charge in [0, 0.05) is 18.7 Å². The fraction of sp³-hybridized carbons (Fsp3) is 0.286. The van der Waals surface area contributed by atoms with E-state index in [9.17, 15) is 4.39 Å². The quantitative estimate of drug-likeness (QED) is 0.848. The second-order valence-electron chi connectivity index (χ2n) is 4.18. The SMILES string of the molecule is CCCNc1cc(Nc2ccc(F)cc2OC)ncn1. The van der Waals surface area contributed by atoms with Gasteiger partial charge in [0.2, 0.25) is 0 Å². The minimum atomic E-state index is -0.347. The molecule has 0 unspecified atom stereocenters. The molecule has 0 aliphatic heterocycles. The lowest BCUT2D eigenvalue weighted by molar-refractivity contribution is 0.413. The van der Waals surface area contributed by atoms with E-state index in [1.807, 2.05) is 0 Å². The molecule has 6 heteroatoms. The molecule has 1 aromatic carbocycles. The maximum Gasteiger partial charge on any atom is 0.145 e. The van der Waals surface area contributed by atoms with E-state index < -0.39 is 0 Å². The van der Waals surface area contributed by atoms with Gasteiger partial charge in [-0.05, 0) is 18.6 Å². The third-order valence-corrected chi connectivity index (χ3v) is 2.65. The van der Waals surface area contributed by atoms with Crippen LogP contribution in [0.4, 0.5) is 21.7 Å². The molecular formula is C14H17FN4O. The zero-order chi connectivity index (χ0) is 14.4. The molecule has 106 valence electrons. The highest BCUT2D eigenvalue weighted by Gasteiger charge is 2.06. The molecule has 2 rings (SSSR count). The lowest BCUT2D eigenvalue weighted by Gasteiger charge is -2.11. The van der Waals surface area contributed by atoms with Gasteiger partial charge in [-0.1, -0.05) is 6.92 Å². The summed E-state index contributed by atoms with van der Waals surface area (Å²) in [5.74, 6) is 1.43. The zero-order valence-electron chi connectivity index (χ0n) is 11.5. The van der Waals surface area contributed by atoms with Crippen molar-refractivity contribution in [3.8, 4) is 5.75 Å². The Hall–Kier alpha value is -2.37. The van der Waals surface area contributed by atoms with Crippen LogP contribution in [-0.2, 0) is 0 Å². The van der Waals surface area contributed by atoms with Crippen molar-refractivity contribution in [2.75, 3.05) is 24.3 Å². The van der Waals surface area contributed by atoms with Gasteiger partial charge in [-0.25, -0.2) is 14.4 Å². The summed E-state index contributed by atoms with van der Waals surface area (Å²) < 4.78 is 18.3. The molecule has 0 aliphatic rings. The van der Waals surface area contributed by atoms with Crippen LogP contribution in [0.2, 0.25) is 0 Å². The number of benzene rings is 1. The Balaban J connectivity index is 2.17. The van der Waals surface area contributed by atoms with E-state index in [0.717, 1.165) is 18.8 Å². The van der Waals surface area contributed by atoms with Crippen molar-refractivity contribution in [2.24, 2.45) is 0 Å². The smallest absolute Gasteiger partial charge is 0.145 e. The molecule has 1 aromatic heterocycles. The number of rotatable bonds is 6. The number of aromatic nitrogens is 2. The summed E-state index contributed by atoms with van der Waals surface area (Å²) in [6.45, 7) is 2.92. The summed E-state index contributed by atoms with van der Waals surface area (Å²) in [5.41, 5.74) is 0.647. The van der Waals surface area contributed by atoms with Gasteiger partial charge in [-0.15, -0.1) is 0 Å². The topological polar surface area (TPSA) is 59.1 Å². The highest BCUT2D eigenvalue weighted by molar-refractivity contribution is 5.65. The van der Waals surface area contributed by atoms with Crippen LogP contribution in [0.15, 0.2) is 30.6 Å². The van der Waals surface area contributed by atoms with Gasteiger partial charge in [-0.2, -0.15) is 0 Å². The Morgan fingerprint density at radius 1 is 1.20 bits per heavy atom. The van der Waals surface area contributed by atoms with Crippen LogP contribution < -0.4 is 15.4 Å². The molecule has 0 bridgehead atoms. The fourth-order valence-corrected chi connectivity index (χ4v) is 1.68. The Bertz CT molecular complexity index is 577. The average Bonchev–Trinajstić information content (AvgIpc) is 2.47. The molecular weight excluding hydrogens is 259 g/mol. The molecule has 0 radical (unpaired) electrons. The summed E-state index contributed by atoms with van der Waals surface area (Å²) >= 11 is 0. The summed E-state index contributed by atoms with van der Waals surface area (Å²) in [4.78, 5) is 8.25. The predicted molar refractivity (Wildman–Crippen MR) is 77.0 cm³/mol. The average molecular weight is 276 g/mol. The van der Waals surface area contributed by atoms with Gasteiger partial charge in [-0.3, -0.25) is 0 Å². The van der Waals surface area contributed by atoms with Crippen LogP contribution in [0.25, 0.3) is 0 Å². The molecule has 0 saturated carbocycles. The van der Waals surface area contributed by atoms with E-state index in [-0.39, 0.29) is 5.82 Å². The summed E-state index contributed by atoms with van der Waals surface area (Å²) in [6, 6.07) is 6.08. The largest absolute Gasteiger partial charge is 0.494 e. The number of halogens is 1. The first-order valence-electron chi connectivity index (χ1n) is 6.39. The third-order valence-electron chi connectivity index (χ3n) is 2.65. The molecule has 0 saturated heterocycles. The standard InChI is InChI=1S/C14H17FN4O/c1-3-6-16-13-8-14(18-9-17-13)19-11-5-4-10(15)7-12(11)20-2/h4-5,7-9H,3,6H2,1-2H3,(H2,16,17,18,19). The summed E-state index contributed by atoms with van der Waals surface area (Å²) in [6.07, 6.45) is 2.48. The predicted octanol–water partition coefficient (Wildman–Crippen LogP) is 3.19. The Labute approximate surface area is 117 Å². The van der Waals surface area contributed by atoms with Crippen LogP contribution in [0.5, 0.6) is 5.75 Å². The number of nitrogens with one attached hydrogen (secondary N) is 2. The lowest BCUT2D eigenvalue weighted by Crippen LogP contribution is -2.04. The van der Waals surface area contributed by atoms with Crippen LogP contribution in [-0.4, -0.2) is 23.6 Å². The first kappa shape index (κ1) is 14.0. The molecule has 1 heterocycles. The molecule has 0 amide bonds. The minimum Gasteiger partial charge on any atom is -0.494 e. The number of methoxy groups -OCH3 is 1. The first-order chi connectivity index (χ1) is 9.72. The minimum absolute atomic E-state index is 0.347. The van der Waals surface area contributed by atoms with Crippen molar-refractivity contribution in [3.63, 3.8) is 0 Å². The van der Waals surface area contributed by atoms with Crippen LogP contribution in [0, 0.1) is 5.82 Å². The molecule has 2 N–H and O–H groups in total.